The van der Waals surface area contributed by atoms with Gasteiger partial charge in [-0.05, 0) is 62.2 Å². The second-order valence-electron chi connectivity index (χ2n) is 9.18. The van der Waals surface area contributed by atoms with Crippen LogP contribution in [0.5, 0.6) is 0 Å². The second-order valence-corrected chi connectivity index (χ2v) is 9.62. The average molecular weight is 530 g/mol. The molecular formula is C30H32ClN5O2. The van der Waals surface area contributed by atoms with Gasteiger partial charge in [-0.2, -0.15) is 5.10 Å². The molecule has 0 radical (unpaired) electrons. The van der Waals surface area contributed by atoms with E-state index in [0.717, 1.165) is 40.9 Å². The predicted molar refractivity (Wildman–Crippen MR) is 154 cm³/mol. The van der Waals surface area contributed by atoms with E-state index in [2.05, 4.69) is 10.6 Å². The van der Waals surface area contributed by atoms with Gasteiger partial charge in [0.2, 0.25) is 5.91 Å². The zero-order valence-electron chi connectivity index (χ0n) is 21.9. The van der Waals surface area contributed by atoms with Crippen molar-refractivity contribution < 1.29 is 9.59 Å². The molecule has 1 heterocycles. The molecule has 1 aromatic heterocycles. The molecule has 4 rings (SSSR count). The first kappa shape index (κ1) is 26.9. The van der Waals surface area contributed by atoms with Gasteiger partial charge in [-0.3, -0.25) is 4.79 Å². The number of unbranched alkanes of at least 4 members (excludes halogenated alkanes) is 1. The van der Waals surface area contributed by atoms with Crippen molar-refractivity contribution in [1.29, 1.82) is 0 Å². The number of hydrogen-bond acceptors (Lipinski definition) is 3. The van der Waals surface area contributed by atoms with Gasteiger partial charge in [-0.15, -0.1) is 0 Å². The molecule has 0 atom stereocenters. The quantitative estimate of drug-likeness (QED) is 0.243. The molecule has 8 heteroatoms. The Morgan fingerprint density at radius 1 is 0.921 bits per heavy atom. The lowest BCUT2D eigenvalue weighted by Crippen LogP contribution is -2.41. The van der Waals surface area contributed by atoms with E-state index in [1.54, 1.807) is 28.9 Å². The topological polar surface area (TPSA) is 79.3 Å². The lowest BCUT2D eigenvalue weighted by atomic mass is 10.1. The molecule has 0 unspecified atom stereocenters. The highest BCUT2D eigenvalue weighted by molar-refractivity contribution is 6.30. The largest absolute Gasteiger partial charge is 0.322 e. The number of amides is 3. The van der Waals surface area contributed by atoms with Crippen molar-refractivity contribution in [1.82, 2.24) is 14.7 Å². The third kappa shape index (κ3) is 6.61. The first-order chi connectivity index (χ1) is 18.4. The minimum absolute atomic E-state index is 0.105. The SMILES string of the molecule is CCCCN(CC(=O)Nc1c(-c2ccccc2)c(C)nn1-c1ccc(C)cc1)C(=O)Nc1ccc(Cl)cc1. The maximum atomic E-state index is 13.4. The number of carbonyl (C=O) groups is 2. The molecule has 4 aromatic rings. The van der Waals surface area contributed by atoms with Crippen LogP contribution in [0.2, 0.25) is 5.02 Å². The standard InChI is InChI=1S/C30H32ClN5O2/c1-4-5-19-35(30(38)32-25-15-13-24(31)14-16-25)20-27(37)33-29-28(23-9-7-6-8-10-23)22(3)34-36(29)26-17-11-21(2)12-18-26/h6-18H,4-5,19-20H2,1-3H3,(H,32,38)(H,33,37). The van der Waals surface area contributed by atoms with Crippen LogP contribution in [0.3, 0.4) is 0 Å². The molecule has 0 aliphatic heterocycles. The van der Waals surface area contributed by atoms with Crippen LogP contribution < -0.4 is 10.6 Å². The molecule has 2 N–H and O–H groups in total. The number of rotatable bonds is 9. The Bertz CT molecular complexity index is 1380. The molecule has 7 nitrogen and oxygen atoms in total. The third-order valence-electron chi connectivity index (χ3n) is 6.16. The van der Waals surface area contributed by atoms with E-state index in [-0.39, 0.29) is 18.5 Å². The number of benzene rings is 3. The van der Waals surface area contributed by atoms with E-state index in [9.17, 15) is 9.59 Å². The minimum atomic E-state index is -0.345. The van der Waals surface area contributed by atoms with Gasteiger partial charge in [0, 0.05) is 22.8 Å². The van der Waals surface area contributed by atoms with Gasteiger partial charge >= 0.3 is 6.03 Å². The molecule has 0 aliphatic rings. The summed E-state index contributed by atoms with van der Waals surface area (Å²) < 4.78 is 1.75. The molecule has 3 amide bonds. The van der Waals surface area contributed by atoms with E-state index >= 15 is 0 Å². The highest BCUT2D eigenvalue weighted by atomic mass is 35.5. The predicted octanol–water partition coefficient (Wildman–Crippen LogP) is 7.08. The van der Waals surface area contributed by atoms with Crippen molar-refractivity contribution in [2.24, 2.45) is 0 Å². The number of urea groups is 1. The molecule has 0 spiro atoms. The van der Waals surface area contributed by atoms with Crippen LogP contribution in [0, 0.1) is 13.8 Å². The van der Waals surface area contributed by atoms with Gasteiger partial charge < -0.3 is 15.5 Å². The van der Waals surface area contributed by atoms with E-state index < -0.39 is 0 Å². The van der Waals surface area contributed by atoms with Crippen LogP contribution in [-0.4, -0.2) is 39.7 Å². The van der Waals surface area contributed by atoms with Crippen molar-refractivity contribution in [2.45, 2.75) is 33.6 Å². The molecule has 0 fully saturated rings. The fourth-order valence-electron chi connectivity index (χ4n) is 4.15. The van der Waals surface area contributed by atoms with E-state index in [0.29, 0.717) is 23.1 Å². The van der Waals surface area contributed by atoms with Crippen LogP contribution in [0.4, 0.5) is 16.3 Å². The molecule has 196 valence electrons. The number of anilines is 2. The monoisotopic (exact) mass is 529 g/mol. The number of carbonyl (C=O) groups excluding carboxylic acids is 2. The number of aromatic nitrogens is 2. The number of nitrogens with zero attached hydrogens (tertiary/aromatic N) is 3. The van der Waals surface area contributed by atoms with Crippen molar-refractivity contribution in [3.8, 4) is 16.8 Å². The third-order valence-corrected chi connectivity index (χ3v) is 6.41. The van der Waals surface area contributed by atoms with Crippen LogP contribution in [0.25, 0.3) is 16.8 Å². The summed E-state index contributed by atoms with van der Waals surface area (Å²) in [6.07, 6.45) is 1.67. The fraction of sp³-hybridized carbons (Fsp3) is 0.233. The van der Waals surface area contributed by atoms with E-state index in [1.165, 1.54) is 4.90 Å². The molecular weight excluding hydrogens is 498 g/mol. The summed E-state index contributed by atoms with van der Waals surface area (Å²) in [7, 11) is 0. The molecule has 0 saturated carbocycles. The molecule has 0 aliphatic carbocycles. The van der Waals surface area contributed by atoms with Gasteiger partial charge in [0.05, 0.1) is 11.4 Å². The number of aryl methyl sites for hydroxylation is 2. The van der Waals surface area contributed by atoms with E-state index in [1.807, 2.05) is 75.4 Å². The Hall–Kier alpha value is -4.10. The van der Waals surface area contributed by atoms with Gasteiger partial charge in [0.15, 0.2) is 0 Å². The summed E-state index contributed by atoms with van der Waals surface area (Å²) >= 11 is 5.97. The lowest BCUT2D eigenvalue weighted by molar-refractivity contribution is -0.116. The Kier molecular flexibility index (Phi) is 8.81. The zero-order valence-corrected chi connectivity index (χ0v) is 22.6. The molecule has 38 heavy (non-hydrogen) atoms. The first-order valence-corrected chi connectivity index (χ1v) is 13.1. The number of nitrogens with one attached hydrogen (secondary N) is 2. The van der Waals surface area contributed by atoms with Gasteiger partial charge in [-0.1, -0.05) is 73.0 Å². The van der Waals surface area contributed by atoms with Gasteiger partial charge in [-0.25, -0.2) is 9.48 Å². The van der Waals surface area contributed by atoms with E-state index in [4.69, 9.17) is 16.7 Å². The summed E-state index contributed by atoms with van der Waals surface area (Å²) in [6.45, 7) is 6.34. The Morgan fingerprint density at radius 2 is 1.61 bits per heavy atom. The summed E-state index contributed by atoms with van der Waals surface area (Å²) in [5, 5.41) is 11.3. The van der Waals surface area contributed by atoms with Crippen LogP contribution in [0.1, 0.15) is 31.0 Å². The van der Waals surface area contributed by atoms with Crippen LogP contribution in [-0.2, 0) is 4.79 Å². The zero-order chi connectivity index (χ0) is 27.1. The highest BCUT2D eigenvalue weighted by Gasteiger charge is 2.23. The molecule has 0 saturated heterocycles. The lowest BCUT2D eigenvalue weighted by Gasteiger charge is -2.23. The average Bonchev–Trinajstić information content (AvgIpc) is 3.23. The number of halogens is 1. The molecule has 3 aromatic carbocycles. The maximum absolute atomic E-state index is 13.4. The summed E-state index contributed by atoms with van der Waals surface area (Å²) in [5.74, 6) is 0.258. The van der Waals surface area contributed by atoms with Crippen molar-refractivity contribution >= 4 is 35.0 Å². The van der Waals surface area contributed by atoms with Crippen LogP contribution >= 0.6 is 11.6 Å². The summed E-state index contributed by atoms with van der Waals surface area (Å²) in [4.78, 5) is 28.0. The smallest absolute Gasteiger partial charge is 0.315 e. The normalized spacial score (nSPS) is 10.7. The summed E-state index contributed by atoms with van der Waals surface area (Å²) in [5.41, 5.74) is 5.15. The van der Waals surface area contributed by atoms with Gasteiger partial charge in [0.25, 0.3) is 0 Å². The Labute approximate surface area is 228 Å². The fourth-order valence-corrected chi connectivity index (χ4v) is 4.27. The summed E-state index contributed by atoms with van der Waals surface area (Å²) in [6, 6.07) is 24.3. The first-order valence-electron chi connectivity index (χ1n) is 12.7. The Morgan fingerprint density at radius 3 is 2.26 bits per heavy atom. The Balaban J connectivity index is 1.62. The number of hydrogen-bond donors (Lipinski definition) is 2. The molecule has 0 bridgehead atoms. The van der Waals surface area contributed by atoms with Crippen LogP contribution in [0.15, 0.2) is 78.9 Å². The minimum Gasteiger partial charge on any atom is -0.315 e. The second kappa shape index (κ2) is 12.4. The maximum Gasteiger partial charge on any atom is 0.322 e. The van der Waals surface area contributed by atoms with Gasteiger partial charge in [0.1, 0.15) is 12.4 Å². The highest BCUT2D eigenvalue weighted by Crippen LogP contribution is 2.33. The van der Waals surface area contributed by atoms with Crippen molar-refractivity contribution in [3.63, 3.8) is 0 Å². The van der Waals surface area contributed by atoms with Crippen molar-refractivity contribution in [3.05, 3.63) is 95.1 Å². The van der Waals surface area contributed by atoms with Crippen molar-refractivity contribution in [2.75, 3.05) is 23.7 Å².